The van der Waals surface area contributed by atoms with Gasteiger partial charge in [0.05, 0.1) is 12.2 Å². The second kappa shape index (κ2) is 5.47. The molecule has 0 aliphatic heterocycles. The second-order valence-corrected chi connectivity index (χ2v) is 5.71. The lowest BCUT2D eigenvalue weighted by atomic mass is 9.82. The highest BCUT2D eigenvalue weighted by Crippen LogP contribution is 2.33. The van der Waals surface area contributed by atoms with Crippen LogP contribution in [0.4, 0.5) is 10.1 Å². The Kier molecular flexibility index (Phi) is 4.11. The highest BCUT2D eigenvalue weighted by molar-refractivity contribution is 5.56. The van der Waals surface area contributed by atoms with Crippen molar-refractivity contribution < 1.29 is 14.6 Å². The van der Waals surface area contributed by atoms with E-state index in [0.717, 1.165) is 25.1 Å². The molecule has 19 heavy (non-hydrogen) atoms. The van der Waals surface area contributed by atoms with Gasteiger partial charge in [-0.1, -0.05) is 0 Å². The number of aliphatic hydroxyl groups excluding tert-OH is 2. The van der Waals surface area contributed by atoms with Gasteiger partial charge in [0.2, 0.25) is 0 Å². The van der Waals surface area contributed by atoms with Gasteiger partial charge >= 0.3 is 0 Å². The van der Waals surface area contributed by atoms with E-state index in [9.17, 15) is 14.6 Å². The van der Waals surface area contributed by atoms with Crippen molar-refractivity contribution in [3.63, 3.8) is 0 Å². The molecule has 0 spiro atoms. The Balaban J connectivity index is 2.19. The summed E-state index contributed by atoms with van der Waals surface area (Å²) >= 11 is 0. The lowest BCUT2D eigenvalue weighted by Gasteiger charge is -2.36. The highest BCUT2D eigenvalue weighted by Gasteiger charge is 2.28. The van der Waals surface area contributed by atoms with Gasteiger partial charge in [-0.05, 0) is 50.3 Å². The van der Waals surface area contributed by atoms with Gasteiger partial charge in [-0.15, -0.1) is 0 Å². The maximum atomic E-state index is 13.6. The lowest BCUT2D eigenvalue weighted by Crippen LogP contribution is -2.37. The molecule has 0 aromatic heterocycles. The second-order valence-electron chi connectivity index (χ2n) is 5.71. The van der Waals surface area contributed by atoms with E-state index in [0.29, 0.717) is 17.0 Å². The lowest BCUT2D eigenvalue weighted by molar-refractivity contribution is 0.0464. The smallest absolute Gasteiger partial charge is 0.126 e. The van der Waals surface area contributed by atoms with Crippen LogP contribution in [0.5, 0.6) is 0 Å². The molecule has 1 aromatic rings. The molecule has 3 nitrogen and oxygen atoms in total. The molecule has 1 aliphatic carbocycles. The van der Waals surface area contributed by atoms with Crippen molar-refractivity contribution >= 4 is 5.69 Å². The van der Waals surface area contributed by atoms with Gasteiger partial charge in [-0.25, -0.2) is 4.39 Å². The minimum absolute atomic E-state index is 0.162. The third kappa shape index (κ3) is 3.07. The monoisotopic (exact) mass is 267 g/mol. The molecule has 1 aromatic carbocycles. The quantitative estimate of drug-likeness (QED) is 0.880. The Morgan fingerprint density at radius 3 is 2.58 bits per heavy atom. The first kappa shape index (κ1) is 14.3. The van der Waals surface area contributed by atoms with E-state index in [1.807, 2.05) is 11.9 Å². The molecule has 1 aliphatic rings. The molecular formula is C15H22FNO2. The zero-order chi connectivity index (χ0) is 14.2. The molecule has 1 atom stereocenters. The number of nitrogens with zero attached hydrogens (tertiary/aromatic N) is 1. The fourth-order valence-corrected chi connectivity index (χ4v) is 2.68. The van der Waals surface area contributed by atoms with Crippen LogP contribution in [0.15, 0.2) is 12.1 Å². The van der Waals surface area contributed by atoms with E-state index in [4.69, 9.17) is 0 Å². The molecule has 0 saturated heterocycles. The van der Waals surface area contributed by atoms with Crippen molar-refractivity contribution in [3.8, 4) is 0 Å². The summed E-state index contributed by atoms with van der Waals surface area (Å²) in [5.41, 5.74) is 2.07. The van der Waals surface area contributed by atoms with Crippen LogP contribution < -0.4 is 4.90 Å². The van der Waals surface area contributed by atoms with Crippen LogP contribution in [0.3, 0.4) is 0 Å². The van der Waals surface area contributed by atoms with Gasteiger partial charge in [-0.2, -0.15) is 0 Å². The van der Waals surface area contributed by atoms with Gasteiger partial charge in [0.15, 0.2) is 0 Å². The number of hydrogen-bond donors (Lipinski definition) is 2. The first-order valence-electron chi connectivity index (χ1n) is 6.75. The van der Waals surface area contributed by atoms with Gasteiger partial charge < -0.3 is 15.1 Å². The third-order valence-corrected chi connectivity index (χ3v) is 3.91. The number of aliphatic hydroxyl groups is 2. The normalized spacial score (nSPS) is 23.9. The van der Waals surface area contributed by atoms with Crippen molar-refractivity contribution in [1.82, 2.24) is 0 Å². The van der Waals surface area contributed by atoms with E-state index >= 15 is 0 Å². The number of halogens is 1. The molecule has 4 heteroatoms. The van der Waals surface area contributed by atoms with Crippen LogP contribution in [0.1, 0.15) is 37.0 Å². The molecule has 2 rings (SSSR count). The largest absolute Gasteiger partial charge is 0.393 e. The Morgan fingerprint density at radius 1 is 1.42 bits per heavy atom. The number of anilines is 1. The van der Waals surface area contributed by atoms with Crippen LogP contribution in [-0.2, 0) is 0 Å². The molecule has 0 bridgehead atoms. The average Bonchev–Trinajstić information content (AvgIpc) is 2.29. The van der Waals surface area contributed by atoms with Crippen LogP contribution in [0, 0.1) is 18.7 Å². The third-order valence-electron chi connectivity index (χ3n) is 3.91. The van der Waals surface area contributed by atoms with Gasteiger partial charge in [0.25, 0.3) is 0 Å². The molecule has 0 radical (unpaired) electrons. The fourth-order valence-electron chi connectivity index (χ4n) is 2.68. The zero-order valence-electron chi connectivity index (χ0n) is 11.7. The summed E-state index contributed by atoms with van der Waals surface area (Å²) in [6.07, 6.45) is 0.799. The summed E-state index contributed by atoms with van der Waals surface area (Å²) in [5, 5.41) is 19.1. The van der Waals surface area contributed by atoms with Crippen molar-refractivity contribution in [2.45, 2.75) is 38.9 Å². The summed E-state index contributed by atoms with van der Waals surface area (Å²) < 4.78 is 13.6. The van der Waals surface area contributed by atoms with E-state index in [2.05, 4.69) is 0 Å². The standard InChI is InChI=1S/C15H22FNO2/c1-9-4-15(13(10(2)18)7-14(9)16)17(3)8-11-5-12(19)6-11/h4,7,10-12,18-19H,5-6,8H2,1-3H3/t10-,11?,12?/m0/s1. The number of rotatable bonds is 4. The number of aryl methyl sites for hydroxylation is 1. The van der Waals surface area contributed by atoms with Gasteiger partial charge in [-0.3, -0.25) is 0 Å². The Labute approximate surface area is 113 Å². The number of benzene rings is 1. The average molecular weight is 267 g/mol. The SMILES string of the molecule is Cc1cc(N(C)CC2CC(O)C2)c([C@H](C)O)cc1F. The predicted octanol–water partition coefficient (Wildman–Crippen LogP) is 2.39. The summed E-state index contributed by atoms with van der Waals surface area (Å²) in [6, 6.07) is 3.20. The van der Waals surface area contributed by atoms with Crippen molar-refractivity contribution in [3.05, 3.63) is 29.1 Å². The molecule has 2 N–H and O–H groups in total. The molecular weight excluding hydrogens is 245 g/mol. The van der Waals surface area contributed by atoms with Crippen molar-refractivity contribution in [2.24, 2.45) is 5.92 Å². The van der Waals surface area contributed by atoms with Crippen LogP contribution >= 0.6 is 0 Å². The van der Waals surface area contributed by atoms with Crippen LogP contribution in [-0.4, -0.2) is 29.9 Å². The van der Waals surface area contributed by atoms with E-state index < -0.39 is 6.10 Å². The van der Waals surface area contributed by atoms with Crippen LogP contribution in [0.2, 0.25) is 0 Å². The van der Waals surface area contributed by atoms with E-state index in [1.165, 1.54) is 6.07 Å². The molecule has 0 heterocycles. The Morgan fingerprint density at radius 2 is 2.05 bits per heavy atom. The van der Waals surface area contributed by atoms with E-state index in [1.54, 1.807) is 19.9 Å². The maximum Gasteiger partial charge on any atom is 0.126 e. The minimum atomic E-state index is -0.695. The predicted molar refractivity (Wildman–Crippen MR) is 73.8 cm³/mol. The summed E-state index contributed by atoms with van der Waals surface area (Å²) in [7, 11) is 1.95. The van der Waals surface area contributed by atoms with Gasteiger partial charge in [0, 0.05) is 24.8 Å². The maximum absolute atomic E-state index is 13.6. The zero-order valence-corrected chi connectivity index (χ0v) is 11.7. The topological polar surface area (TPSA) is 43.7 Å². The summed E-state index contributed by atoms with van der Waals surface area (Å²) in [4.78, 5) is 2.05. The minimum Gasteiger partial charge on any atom is -0.393 e. The molecule has 0 amide bonds. The number of hydrogen-bond acceptors (Lipinski definition) is 3. The first-order chi connectivity index (χ1) is 8.88. The van der Waals surface area contributed by atoms with E-state index in [-0.39, 0.29) is 11.9 Å². The van der Waals surface area contributed by atoms with Crippen LogP contribution in [0.25, 0.3) is 0 Å². The first-order valence-corrected chi connectivity index (χ1v) is 6.75. The van der Waals surface area contributed by atoms with Gasteiger partial charge in [0.1, 0.15) is 5.82 Å². The Bertz CT molecular complexity index is 456. The van der Waals surface area contributed by atoms with Crippen molar-refractivity contribution in [1.29, 1.82) is 0 Å². The molecule has 1 saturated carbocycles. The molecule has 106 valence electrons. The summed E-state index contributed by atoms with van der Waals surface area (Å²) in [5.74, 6) is 0.194. The summed E-state index contributed by atoms with van der Waals surface area (Å²) in [6.45, 7) is 4.20. The highest BCUT2D eigenvalue weighted by atomic mass is 19.1. The van der Waals surface area contributed by atoms with Crippen molar-refractivity contribution in [2.75, 3.05) is 18.5 Å². The molecule has 1 fully saturated rings. The molecule has 0 unspecified atom stereocenters. The fraction of sp³-hybridized carbons (Fsp3) is 0.600. The Hall–Kier alpha value is -1.13.